The third kappa shape index (κ3) is 4.21. The quantitative estimate of drug-likeness (QED) is 0.536. The van der Waals surface area contributed by atoms with Gasteiger partial charge in [0.25, 0.3) is 0 Å². The Morgan fingerprint density at radius 1 is 1.71 bits per heavy atom. The molecule has 1 rings (SSSR count). The predicted octanol–water partition coefficient (Wildman–Crippen LogP) is 1.37. The van der Waals surface area contributed by atoms with Crippen LogP contribution in [0.2, 0.25) is 0 Å². The highest BCUT2D eigenvalue weighted by molar-refractivity contribution is 5.56. The van der Waals surface area contributed by atoms with Gasteiger partial charge in [0.2, 0.25) is 12.9 Å². The molecular formula is C10H12N2O2. The maximum Gasteiger partial charge on any atom is 0.216 e. The number of carbonyl (C=O) groups is 1. The van der Waals surface area contributed by atoms with Crippen LogP contribution >= 0.6 is 0 Å². The molecular weight excluding hydrogens is 180 g/mol. The molecule has 0 fully saturated rings. The summed E-state index contributed by atoms with van der Waals surface area (Å²) in [6, 6.07) is 3.60. The van der Waals surface area contributed by atoms with Gasteiger partial charge < -0.3 is 14.4 Å². The Morgan fingerprint density at radius 2 is 2.36 bits per heavy atom. The number of carbonyl (C=O) groups excluding carboxylic acids is 1. The van der Waals surface area contributed by atoms with E-state index in [9.17, 15) is 4.79 Å². The highest BCUT2D eigenvalue weighted by Gasteiger charge is 2.00. The Morgan fingerprint density at radius 3 is 2.86 bits per heavy atom. The highest BCUT2D eigenvalue weighted by Crippen LogP contribution is 2.12. The molecule has 0 bridgehead atoms. The second-order valence-corrected chi connectivity index (χ2v) is 2.27. The first-order valence-electron chi connectivity index (χ1n) is 3.97. The van der Waals surface area contributed by atoms with E-state index in [1.165, 1.54) is 14.2 Å². The van der Waals surface area contributed by atoms with Gasteiger partial charge in [0.15, 0.2) is 0 Å². The molecule has 0 aliphatic carbocycles. The number of hydrogen-bond donors (Lipinski definition) is 0. The fourth-order valence-corrected chi connectivity index (χ4v) is 0.853. The van der Waals surface area contributed by atoms with Crippen molar-refractivity contribution in [2.45, 2.75) is 6.42 Å². The summed E-state index contributed by atoms with van der Waals surface area (Å²) in [5.41, 5.74) is 0.824. The van der Waals surface area contributed by atoms with Crippen molar-refractivity contribution in [3.63, 3.8) is 0 Å². The Balaban J connectivity index is 0.000000500. The molecule has 14 heavy (non-hydrogen) atoms. The fourth-order valence-electron chi connectivity index (χ4n) is 0.853. The smallest absolute Gasteiger partial charge is 0.216 e. The second-order valence-electron chi connectivity index (χ2n) is 2.27. The third-order valence-corrected chi connectivity index (χ3v) is 1.35. The molecule has 1 aromatic heterocycles. The Hall–Kier alpha value is -1.89. The number of pyridine rings is 1. The molecule has 0 saturated carbocycles. The Labute approximate surface area is 83.4 Å². The van der Waals surface area contributed by atoms with Crippen molar-refractivity contribution in [1.82, 2.24) is 4.98 Å². The zero-order chi connectivity index (χ0) is 10.8. The maximum atomic E-state index is 10.2. The Kier molecular flexibility index (Phi) is 6.70. The number of aromatic nitrogens is 1. The van der Waals surface area contributed by atoms with Gasteiger partial charge >= 0.3 is 0 Å². The summed E-state index contributed by atoms with van der Waals surface area (Å²) in [5.74, 6) is 0.527. The van der Waals surface area contributed by atoms with E-state index in [1.807, 2.05) is 6.07 Å². The summed E-state index contributed by atoms with van der Waals surface area (Å²) in [6.45, 7) is 5.83. The maximum absolute atomic E-state index is 10.2. The van der Waals surface area contributed by atoms with Crippen molar-refractivity contribution >= 4 is 6.29 Å². The van der Waals surface area contributed by atoms with Crippen LogP contribution in [0.1, 0.15) is 5.56 Å². The summed E-state index contributed by atoms with van der Waals surface area (Å²) in [4.78, 5) is 16.8. The Bertz CT molecular complexity index is 318. The second kappa shape index (κ2) is 7.74. The van der Waals surface area contributed by atoms with Crippen LogP contribution in [-0.4, -0.2) is 25.4 Å². The van der Waals surface area contributed by atoms with Crippen LogP contribution in [0, 0.1) is 6.57 Å². The summed E-state index contributed by atoms with van der Waals surface area (Å²) in [7, 11) is 2.95. The third-order valence-electron chi connectivity index (χ3n) is 1.35. The van der Waals surface area contributed by atoms with Crippen molar-refractivity contribution in [2.24, 2.45) is 0 Å². The van der Waals surface area contributed by atoms with Crippen LogP contribution in [0.3, 0.4) is 0 Å². The van der Waals surface area contributed by atoms with Gasteiger partial charge in [-0.3, -0.25) is 0 Å². The van der Waals surface area contributed by atoms with Crippen molar-refractivity contribution in [3.05, 3.63) is 35.3 Å². The van der Waals surface area contributed by atoms with Gasteiger partial charge in [-0.15, -0.1) is 0 Å². The molecule has 0 aliphatic heterocycles. The average Bonchev–Trinajstić information content (AvgIpc) is 2.20. The monoisotopic (exact) mass is 192 g/mol. The van der Waals surface area contributed by atoms with Crippen LogP contribution in [0.5, 0.6) is 5.88 Å². The van der Waals surface area contributed by atoms with Gasteiger partial charge in [0.1, 0.15) is 6.29 Å². The standard InChI is InChI=1S/C8H9NO2.C2H3N/c1-11-8-7(4-6-10)3-2-5-9-8;1-3-2/h2-3,5-6H,4H2,1H3;1H3. The van der Waals surface area contributed by atoms with E-state index in [1.54, 1.807) is 12.3 Å². The molecule has 0 unspecified atom stereocenters. The van der Waals surface area contributed by atoms with E-state index in [-0.39, 0.29) is 0 Å². The molecule has 4 nitrogen and oxygen atoms in total. The van der Waals surface area contributed by atoms with Crippen molar-refractivity contribution in [3.8, 4) is 5.88 Å². The lowest BCUT2D eigenvalue weighted by Crippen LogP contribution is -1.94. The summed E-state index contributed by atoms with van der Waals surface area (Å²) in [6.07, 6.45) is 2.82. The van der Waals surface area contributed by atoms with E-state index in [2.05, 4.69) is 9.83 Å². The molecule has 4 heteroatoms. The van der Waals surface area contributed by atoms with E-state index < -0.39 is 0 Å². The normalized spacial score (nSPS) is 7.79. The number of rotatable bonds is 3. The molecule has 0 radical (unpaired) electrons. The molecule has 0 aromatic carbocycles. The van der Waals surface area contributed by atoms with Gasteiger partial charge in [-0.25, -0.2) is 11.6 Å². The van der Waals surface area contributed by atoms with Crippen molar-refractivity contribution in [2.75, 3.05) is 14.2 Å². The van der Waals surface area contributed by atoms with Gasteiger partial charge in [0, 0.05) is 18.2 Å². The van der Waals surface area contributed by atoms with E-state index in [0.717, 1.165) is 11.8 Å². The molecule has 0 atom stereocenters. The van der Waals surface area contributed by atoms with Gasteiger partial charge in [-0.1, -0.05) is 6.07 Å². The SMILES string of the molecule is COc1ncccc1CC=O.[C-]#[N+]C. The fraction of sp³-hybridized carbons (Fsp3) is 0.300. The summed E-state index contributed by atoms with van der Waals surface area (Å²) >= 11 is 0. The predicted molar refractivity (Wildman–Crippen MR) is 53.1 cm³/mol. The lowest BCUT2D eigenvalue weighted by molar-refractivity contribution is -0.107. The number of nitrogens with zero attached hydrogens (tertiary/aromatic N) is 2. The number of hydrogen-bond acceptors (Lipinski definition) is 3. The van der Waals surface area contributed by atoms with Crippen molar-refractivity contribution < 1.29 is 9.53 Å². The van der Waals surface area contributed by atoms with Gasteiger partial charge in [-0.2, -0.15) is 0 Å². The topological polar surface area (TPSA) is 43.5 Å². The first kappa shape index (κ1) is 12.1. The van der Waals surface area contributed by atoms with Gasteiger partial charge in [-0.05, 0) is 6.07 Å². The summed E-state index contributed by atoms with van der Waals surface area (Å²) < 4.78 is 4.93. The van der Waals surface area contributed by atoms with E-state index in [0.29, 0.717) is 12.3 Å². The average molecular weight is 192 g/mol. The van der Waals surface area contributed by atoms with E-state index >= 15 is 0 Å². The zero-order valence-corrected chi connectivity index (χ0v) is 8.23. The highest BCUT2D eigenvalue weighted by atomic mass is 16.5. The van der Waals surface area contributed by atoms with Crippen LogP contribution < -0.4 is 4.74 Å². The minimum atomic E-state index is 0.358. The molecule has 0 saturated heterocycles. The molecule has 74 valence electrons. The molecule has 1 aromatic rings. The minimum Gasteiger partial charge on any atom is -0.481 e. The molecule has 1 heterocycles. The zero-order valence-electron chi connectivity index (χ0n) is 8.23. The van der Waals surface area contributed by atoms with Crippen LogP contribution in [0.4, 0.5) is 0 Å². The first-order valence-corrected chi connectivity index (χ1v) is 3.97. The number of ether oxygens (including phenoxy) is 1. The number of aldehydes is 1. The lowest BCUT2D eigenvalue weighted by Gasteiger charge is -2.01. The van der Waals surface area contributed by atoms with Crippen LogP contribution in [0.15, 0.2) is 18.3 Å². The van der Waals surface area contributed by atoms with Crippen LogP contribution in [-0.2, 0) is 11.2 Å². The molecule has 0 N–H and O–H groups in total. The van der Waals surface area contributed by atoms with Crippen LogP contribution in [0.25, 0.3) is 4.85 Å². The molecule has 0 aliphatic rings. The van der Waals surface area contributed by atoms with E-state index in [4.69, 9.17) is 11.3 Å². The minimum absolute atomic E-state index is 0.358. The lowest BCUT2D eigenvalue weighted by atomic mass is 10.2. The van der Waals surface area contributed by atoms with Gasteiger partial charge in [0.05, 0.1) is 7.11 Å². The molecule has 0 spiro atoms. The molecule has 0 amide bonds. The first-order chi connectivity index (χ1) is 6.79. The van der Waals surface area contributed by atoms with Crippen molar-refractivity contribution in [1.29, 1.82) is 0 Å². The number of methoxy groups -OCH3 is 1. The summed E-state index contributed by atoms with van der Waals surface area (Å²) in [5, 5.41) is 0. The largest absolute Gasteiger partial charge is 0.481 e.